The Balaban J connectivity index is 2.65. The Bertz CT molecular complexity index is 607. The molecule has 0 amide bonds. The highest BCUT2D eigenvalue weighted by atomic mass is 35.5. The summed E-state index contributed by atoms with van der Waals surface area (Å²) in [6.07, 6.45) is 0. The Morgan fingerprint density at radius 2 is 2.22 bits per heavy atom. The van der Waals surface area contributed by atoms with E-state index in [0.29, 0.717) is 27.2 Å². The average molecular weight is 269 g/mol. The molecule has 3 N–H and O–H groups in total. The van der Waals surface area contributed by atoms with Gasteiger partial charge in [-0.15, -0.1) is 0 Å². The lowest BCUT2D eigenvalue weighted by Gasteiger charge is -2.04. The number of carbonyl (C=O) groups is 1. The lowest BCUT2D eigenvalue weighted by atomic mass is 10.1. The topological polar surface area (TPSA) is 77.3 Å². The summed E-state index contributed by atoms with van der Waals surface area (Å²) in [7, 11) is 1.51. The first-order chi connectivity index (χ1) is 8.58. The minimum absolute atomic E-state index is 0.257. The summed E-state index contributed by atoms with van der Waals surface area (Å²) >= 11 is 6.00. The van der Waals surface area contributed by atoms with E-state index in [-0.39, 0.29) is 12.4 Å². The van der Waals surface area contributed by atoms with E-state index in [1.165, 1.54) is 7.11 Å². The number of aromatic amines is 1. The summed E-state index contributed by atoms with van der Waals surface area (Å²) < 4.78 is 10.1. The number of H-pyrrole nitrogens is 1. The van der Waals surface area contributed by atoms with E-state index < -0.39 is 5.97 Å². The predicted octanol–water partition coefficient (Wildman–Crippen LogP) is 2.59. The summed E-state index contributed by atoms with van der Waals surface area (Å²) in [4.78, 5) is 14.7. The second-order valence-corrected chi connectivity index (χ2v) is 4.07. The molecule has 18 heavy (non-hydrogen) atoms. The number of aromatic nitrogens is 1. The molecule has 0 aliphatic rings. The standard InChI is InChI=1S/C12H13ClN2O3/c1-3-18-12(16)10-6-4-9(17-2)7(13)5-8(6)15-11(10)14/h4-5,15H,3,14H2,1-2H3. The third-order valence-electron chi connectivity index (χ3n) is 2.58. The number of fused-ring (bicyclic) bond motifs is 1. The van der Waals surface area contributed by atoms with Crippen molar-refractivity contribution in [3.05, 3.63) is 22.7 Å². The summed E-state index contributed by atoms with van der Waals surface area (Å²) in [5.41, 5.74) is 6.76. The Kier molecular flexibility index (Phi) is 3.34. The second kappa shape index (κ2) is 4.78. The van der Waals surface area contributed by atoms with Crippen molar-refractivity contribution in [2.24, 2.45) is 0 Å². The van der Waals surface area contributed by atoms with Gasteiger partial charge in [-0.2, -0.15) is 0 Å². The van der Waals surface area contributed by atoms with Crippen molar-refractivity contribution in [3.8, 4) is 5.75 Å². The maximum atomic E-state index is 11.8. The molecular formula is C12H13ClN2O3. The van der Waals surface area contributed by atoms with Gasteiger partial charge >= 0.3 is 5.97 Å². The van der Waals surface area contributed by atoms with E-state index in [2.05, 4.69) is 4.98 Å². The van der Waals surface area contributed by atoms with Crippen molar-refractivity contribution in [2.45, 2.75) is 6.92 Å². The lowest BCUT2D eigenvalue weighted by molar-refractivity contribution is 0.0530. The predicted molar refractivity (Wildman–Crippen MR) is 70.2 cm³/mol. The van der Waals surface area contributed by atoms with Crippen LogP contribution in [0.1, 0.15) is 17.3 Å². The molecule has 0 fully saturated rings. The first kappa shape index (κ1) is 12.6. The summed E-state index contributed by atoms with van der Waals surface area (Å²) in [5.74, 6) is 0.270. The van der Waals surface area contributed by atoms with Crippen LogP contribution in [0.2, 0.25) is 5.02 Å². The fourth-order valence-corrected chi connectivity index (χ4v) is 2.04. The fourth-order valence-electron chi connectivity index (χ4n) is 1.80. The van der Waals surface area contributed by atoms with Gasteiger partial charge in [0.15, 0.2) is 0 Å². The molecule has 2 aromatic rings. The number of nitrogens with two attached hydrogens (primary N) is 1. The smallest absolute Gasteiger partial charge is 0.342 e. The largest absolute Gasteiger partial charge is 0.495 e. The van der Waals surface area contributed by atoms with Crippen LogP contribution >= 0.6 is 11.6 Å². The highest BCUT2D eigenvalue weighted by molar-refractivity contribution is 6.33. The number of hydrogen-bond acceptors (Lipinski definition) is 4. The first-order valence-electron chi connectivity index (χ1n) is 5.40. The molecule has 1 heterocycles. The van der Waals surface area contributed by atoms with Crippen LogP contribution in [0.15, 0.2) is 12.1 Å². The molecule has 5 nitrogen and oxygen atoms in total. The molecule has 0 spiro atoms. The second-order valence-electron chi connectivity index (χ2n) is 3.67. The van der Waals surface area contributed by atoms with Gasteiger partial charge in [0.25, 0.3) is 0 Å². The normalized spacial score (nSPS) is 10.6. The number of carbonyl (C=O) groups excluding carboxylic acids is 1. The van der Waals surface area contributed by atoms with Crippen molar-refractivity contribution in [3.63, 3.8) is 0 Å². The minimum atomic E-state index is -0.467. The van der Waals surface area contributed by atoms with Gasteiger partial charge in [-0.05, 0) is 19.1 Å². The number of rotatable bonds is 3. The molecule has 0 radical (unpaired) electrons. The third-order valence-corrected chi connectivity index (χ3v) is 2.87. The van der Waals surface area contributed by atoms with Crippen LogP contribution < -0.4 is 10.5 Å². The average Bonchev–Trinajstić information content (AvgIpc) is 2.63. The third kappa shape index (κ3) is 1.97. The van der Waals surface area contributed by atoms with Crippen LogP contribution in [-0.4, -0.2) is 24.7 Å². The van der Waals surface area contributed by atoms with Crippen molar-refractivity contribution in [2.75, 3.05) is 19.5 Å². The van der Waals surface area contributed by atoms with Crippen LogP contribution in [0.3, 0.4) is 0 Å². The van der Waals surface area contributed by atoms with E-state index in [0.717, 1.165) is 0 Å². The van der Waals surface area contributed by atoms with Gasteiger partial charge in [0.2, 0.25) is 0 Å². The highest BCUT2D eigenvalue weighted by Gasteiger charge is 2.19. The van der Waals surface area contributed by atoms with Crippen molar-refractivity contribution >= 4 is 34.3 Å². The lowest BCUT2D eigenvalue weighted by Crippen LogP contribution is -2.06. The Labute approximate surface area is 109 Å². The monoisotopic (exact) mass is 268 g/mol. The van der Waals surface area contributed by atoms with Crippen molar-refractivity contribution in [1.29, 1.82) is 0 Å². The summed E-state index contributed by atoms with van der Waals surface area (Å²) in [6.45, 7) is 2.02. The number of esters is 1. The van der Waals surface area contributed by atoms with Crippen LogP contribution in [-0.2, 0) is 4.74 Å². The molecule has 6 heteroatoms. The number of hydrogen-bond donors (Lipinski definition) is 2. The number of methoxy groups -OCH3 is 1. The quantitative estimate of drug-likeness (QED) is 0.839. The van der Waals surface area contributed by atoms with Crippen LogP contribution in [0, 0.1) is 0 Å². The van der Waals surface area contributed by atoms with E-state index in [9.17, 15) is 4.79 Å². The Hall–Kier alpha value is -1.88. The molecule has 0 bridgehead atoms. The van der Waals surface area contributed by atoms with Gasteiger partial charge in [-0.1, -0.05) is 11.6 Å². The molecular weight excluding hydrogens is 256 g/mol. The minimum Gasteiger partial charge on any atom is -0.495 e. The fraction of sp³-hybridized carbons (Fsp3) is 0.250. The van der Waals surface area contributed by atoms with Crippen LogP contribution in [0.25, 0.3) is 10.9 Å². The number of nitrogens with one attached hydrogen (secondary N) is 1. The molecule has 1 aromatic heterocycles. The molecule has 0 aliphatic heterocycles. The highest BCUT2D eigenvalue weighted by Crippen LogP contribution is 2.33. The number of nitrogen functional groups attached to an aromatic ring is 1. The van der Waals surface area contributed by atoms with E-state index >= 15 is 0 Å². The van der Waals surface area contributed by atoms with Gasteiger partial charge in [0.05, 0.1) is 18.7 Å². The maximum absolute atomic E-state index is 11.8. The molecule has 0 saturated carbocycles. The van der Waals surface area contributed by atoms with Gasteiger partial charge in [-0.25, -0.2) is 4.79 Å². The zero-order chi connectivity index (χ0) is 13.3. The van der Waals surface area contributed by atoms with Crippen molar-refractivity contribution < 1.29 is 14.3 Å². The van der Waals surface area contributed by atoms with Gasteiger partial charge in [0, 0.05) is 10.9 Å². The molecule has 0 atom stereocenters. The van der Waals surface area contributed by atoms with Gasteiger partial charge < -0.3 is 20.2 Å². The Morgan fingerprint density at radius 1 is 1.50 bits per heavy atom. The molecule has 96 valence electrons. The molecule has 0 saturated heterocycles. The molecule has 2 rings (SSSR count). The zero-order valence-electron chi connectivity index (χ0n) is 10.0. The number of anilines is 1. The van der Waals surface area contributed by atoms with E-state index in [4.69, 9.17) is 26.8 Å². The Morgan fingerprint density at radius 3 is 2.83 bits per heavy atom. The zero-order valence-corrected chi connectivity index (χ0v) is 10.8. The van der Waals surface area contributed by atoms with Gasteiger partial charge in [0.1, 0.15) is 17.1 Å². The SMILES string of the molecule is CCOC(=O)c1c(N)[nH]c2cc(Cl)c(OC)cc12. The number of ether oxygens (including phenoxy) is 2. The van der Waals surface area contributed by atoms with Crippen molar-refractivity contribution in [1.82, 2.24) is 4.98 Å². The molecule has 0 aliphatic carbocycles. The van der Waals surface area contributed by atoms with Crippen LogP contribution in [0.4, 0.5) is 5.82 Å². The molecule has 0 unspecified atom stereocenters. The number of halogens is 1. The first-order valence-corrected chi connectivity index (χ1v) is 5.78. The van der Waals surface area contributed by atoms with Gasteiger partial charge in [-0.3, -0.25) is 0 Å². The van der Waals surface area contributed by atoms with E-state index in [1.807, 2.05) is 0 Å². The van der Waals surface area contributed by atoms with E-state index in [1.54, 1.807) is 19.1 Å². The molecule has 1 aromatic carbocycles. The summed E-state index contributed by atoms with van der Waals surface area (Å²) in [5, 5.41) is 1.08. The maximum Gasteiger partial charge on any atom is 0.342 e. The van der Waals surface area contributed by atoms with Crippen LogP contribution in [0.5, 0.6) is 5.75 Å². The number of benzene rings is 1. The summed E-state index contributed by atoms with van der Waals surface area (Å²) in [6, 6.07) is 3.32.